The summed E-state index contributed by atoms with van der Waals surface area (Å²) in [6.07, 6.45) is -0.112. The maximum absolute atomic E-state index is 13.0. The predicted octanol–water partition coefficient (Wildman–Crippen LogP) is 4.41. The van der Waals surface area contributed by atoms with Crippen LogP contribution in [-0.4, -0.2) is 22.6 Å². The summed E-state index contributed by atoms with van der Waals surface area (Å²) in [7, 11) is 0. The number of nitriles is 1. The van der Waals surface area contributed by atoms with Crippen molar-refractivity contribution in [1.82, 2.24) is 5.32 Å². The SMILES string of the molecule is CCOC(=O)C1=C(CCC(O)c2ccccc2)NC(C)=C(C#N)C1c1cccc([N+](=O)[O-])c1. The number of aliphatic hydroxyl groups is 1. The van der Waals surface area contributed by atoms with Crippen LogP contribution in [0.15, 0.2) is 77.1 Å². The van der Waals surface area contributed by atoms with E-state index in [0.29, 0.717) is 29.8 Å². The summed E-state index contributed by atoms with van der Waals surface area (Å²) in [6.45, 7) is 3.54. The van der Waals surface area contributed by atoms with Crippen LogP contribution in [0, 0.1) is 21.4 Å². The van der Waals surface area contributed by atoms with E-state index in [2.05, 4.69) is 11.4 Å². The molecule has 0 amide bonds. The van der Waals surface area contributed by atoms with E-state index in [-0.39, 0.29) is 23.4 Å². The average molecular weight is 447 g/mol. The molecule has 0 radical (unpaired) electrons. The Bertz CT molecular complexity index is 1150. The van der Waals surface area contributed by atoms with Crippen molar-refractivity contribution in [2.24, 2.45) is 0 Å². The molecular formula is C25H25N3O5. The molecular weight excluding hydrogens is 422 g/mol. The van der Waals surface area contributed by atoms with Crippen LogP contribution in [0.1, 0.15) is 49.8 Å². The molecule has 1 aliphatic rings. The molecule has 1 heterocycles. The van der Waals surface area contributed by atoms with Gasteiger partial charge in [-0.2, -0.15) is 5.26 Å². The van der Waals surface area contributed by atoms with E-state index in [0.717, 1.165) is 5.56 Å². The Morgan fingerprint density at radius 2 is 2.00 bits per heavy atom. The van der Waals surface area contributed by atoms with Crippen LogP contribution in [0.25, 0.3) is 0 Å². The number of carbonyl (C=O) groups excluding carboxylic acids is 1. The minimum Gasteiger partial charge on any atom is -0.463 e. The quantitative estimate of drug-likeness (QED) is 0.349. The van der Waals surface area contributed by atoms with Gasteiger partial charge in [0, 0.05) is 23.5 Å². The van der Waals surface area contributed by atoms with Gasteiger partial charge in [-0.25, -0.2) is 4.79 Å². The van der Waals surface area contributed by atoms with Crippen molar-refractivity contribution >= 4 is 11.7 Å². The highest BCUT2D eigenvalue weighted by molar-refractivity contribution is 5.93. The zero-order valence-corrected chi connectivity index (χ0v) is 18.4. The van der Waals surface area contributed by atoms with E-state index in [4.69, 9.17) is 4.74 Å². The first-order chi connectivity index (χ1) is 15.9. The standard InChI is InChI=1S/C25H25N3O5/c1-3-33-25(30)24-21(12-13-22(29)17-8-5-4-6-9-17)27-16(2)20(15-26)23(24)18-10-7-11-19(14-18)28(31)32/h4-11,14,22-23,27,29H,3,12-13H2,1-2H3. The van der Waals surface area contributed by atoms with Crippen LogP contribution < -0.4 is 5.32 Å². The number of hydrogen-bond donors (Lipinski definition) is 2. The maximum atomic E-state index is 13.0. The number of aliphatic hydroxyl groups excluding tert-OH is 1. The summed E-state index contributed by atoms with van der Waals surface area (Å²) in [5, 5.41) is 34.9. The van der Waals surface area contributed by atoms with Crippen molar-refractivity contribution in [2.45, 2.75) is 38.7 Å². The molecule has 2 aromatic rings. The van der Waals surface area contributed by atoms with Gasteiger partial charge in [-0.3, -0.25) is 10.1 Å². The number of non-ortho nitro benzene ring substituents is 1. The summed E-state index contributed by atoms with van der Waals surface area (Å²) < 4.78 is 5.30. The molecule has 0 aliphatic carbocycles. The number of nitro benzene ring substituents is 1. The van der Waals surface area contributed by atoms with Crippen LogP contribution >= 0.6 is 0 Å². The van der Waals surface area contributed by atoms with Crippen LogP contribution in [-0.2, 0) is 9.53 Å². The Labute approximate surface area is 192 Å². The molecule has 0 saturated heterocycles. The van der Waals surface area contributed by atoms with E-state index in [1.54, 1.807) is 19.9 Å². The molecule has 0 aromatic heterocycles. The molecule has 170 valence electrons. The van der Waals surface area contributed by atoms with E-state index in [9.17, 15) is 25.3 Å². The molecule has 0 spiro atoms. The number of benzene rings is 2. The van der Waals surface area contributed by atoms with Crippen molar-refractivity contribution < 1.29 is 19.6 Å². The van der Waals surface area contributed by atoms with Gasteiger partial charge in [-0.05, 0) is 37.8 Å². The van der Waals surface area contributed by atoms with Crippen LogP contribution in [0.2, 0.25) is 0 Å². The zero-order chi connectivity index (χ0) is 24.0. The molecule has 0 bridgehead atoms. The second-order valence-corrected chi connectivity index (χ2v) is 7.64. The largest absolute Gasteiger partial charge is 0.463 e. The first-order valence-electron chi connectivity index (χ1n) is 10.6. The highest BCUT2D eigenvalue weighted by atomic mass is 16.6. The molecule has 0 fully saturated rings. The Kier molecular flexibility index (Phi) is 7.59. The molecule has 33 heavy (non-hydrogen) atoms. The Morgan fingerprint density at radius 3 is 2.64 bits per heavy atom. The maximum Gasteiger partial charge on any atom is 0.336 e. The van der Waals surface area contributed by atoms with Crippen molar-refractivity contribution in [1.29, 1.82) is 5.26 Å². The third-order valence-electron chi connectivity index (χ3n) is 5.53. The first-order valence-corrected chi connectivity index (χ1v) is 10.6. The second kappa shape index (κ2) is 10.6. The molecule has 0 saturated carbocycles. The number of allylic oxidation sites excluding steroid dienone is 3. The van der Waals surface area contributed by atoms with Crippen LogP contribution in [0.3, 0.4) is 0 Å². The number of esters is 1. The van der Waals surface area contributed by atoms with Gasteiger partial charge in [0.25, 0.3) is 5.69 Å². The van der Waals surface area contributed by atoms with Gasteiger partial charge in [0.1, 0.15) is 0 Å². The zero-order valence-electron chi connectivity index (χ0n) is 18.4. The fourth-order valence-corrected chi connectivity index (χ4v) is 3.97. The van der Waals surface area contributed by atoms with E-state index >= 15 is 0 Å². The molecule has 8 nitrogen and oxygen atoms in total. The lowest BCUT2D eigenvalue weighted by molar-refractivity contribution is -0.384. The van der Waals surface area contributed by atoms with Crippen LogP contribution in [0.4, 0.5) is 5.69 Å². The van der Waals surface area contributed by atoms with Gasteiger partial charge in [0.05, 0.1) is 40.8 Å². The predicted molar refractivity (Wildman–Crippen MR) is 122 cm³/mol. The van der Waals surface area contributed by atoms with E-state index in [1.807, 2.05) is 30.3 Å². The molecule has 2 unspecified atom stereocenters. The summed E-state index contributed by atoms with van der Waals surface area (Å²) in [5.74, 6) is -1.43. The van der Waals surface area contributed by atoms with Crippen molar-refractivity contribution in [2.75, 3.05) is 6.61 Å². The average Bonchev–Trinajstić information content (AvgIpc) is 2.82. The van der Waals surface area contributed by atoms with E-state index < -0.39 is 22.9 Å². The van der Waals surface area contributed by atoms with Gasteiger partial charge >= 0.3 is 5.97 Å². The normalized spacial score (nSPS) is 16.6. The van der Waals surface area contributed by atoms with Gasteiger partial charge < -0.3 is 15.2 Å². The molecule has 2 N–H and O–H groups in total. The lowest BCUT2D eigenvalue weighted by Gasteiger charge is -2.30. The summed E-state index contributed by atoms with van der Waals surface area (Å²) in [4.78, 5) is 23.9. The number of nitrogens with one attached hydrogen (secondary N) is 1. The minimum absolute atomic E-state index is 0.133. The number of nitro groups is 1. The highest BCUT2D eigenvalue weighted by Gasteiger charge is 2.36. The molecule has 3 rings (SSSR count). The lowest BCUT2D eigenvalue weighted by atomic mass is 9.80. The second-order valence-electron chi connectivity index (χ2n) is 7.64. The topological polar surface area (TPSA) is 125 Å². The van der Waals surface area contributed by atoms with Gasteiger partial charge in [-0.15, -0.1) is 0 Å². The van der Waals surface area contributed by atoms with E-state index in [1.165, 1.54) is 18.2 Å². The smallest absolute Gasteiger partial charge is 0.336 e. The molecule has 8 heteroatoms. The first kappa shape index (κ1) is 23.7. The monoisotopic (exact) mass is 447 g/mol. The Hall–Kier alpha value is -3.96. The van der Waals surface area contributed by atoms with Gasteiger partial charge in [0.2, 0.25) is 0 Å². The third kappa shape index (κ3) is 5.27. The highest BCUT2D eigenvalue weighted by Crippen LogP contribution is 2.40. The number of ether oxygens (including phenoxy) is 1. The number of nitrogens with zero attached hydrogens (tertiary/aromatic N) is 2. The van der Waals surface area contributed by atoms with Gasteiger partial charge in [0.15, 0.2) is 0 Å². The number of carbonyl (C=O) groups is 1. The minimum atomic E-state index is -0.820. The fraction of sp³-hybridized carbons (Fsp3) is 0.280. The summed E-state index contributed by atoms with van der Waals surface area (Å²) >= 11 is 0. The lowest BCUT2D eigenvalue weighted by Crippen LogP contribution is -2.30. The summed E-state index contributed by atoms with van der Waals surface area (Å²) in [6, 6.07) is 17.2. The molecule has 2 aromatic carbocycles. The van der Waals surface area contributed by atoms with Gasteiger partial charge in [-0.1, -0.05) is 42.5 Å². The fourth-order valence-electron chi connectivity index (χ4n) is 3.97. The number of hydrogen-bond acceptors (Lipinski definition) is 7. The molecule has 1 aliphatic heterocycles. The van der Waals surface area contributed by atoms with Crippen molar-refractivity contribution in [3.8, 4) is 6.07 Å². The van der Waals surface area contributed by atoms with Crippen molar-refractivity contribution in [3.63, 3.8) is 0 Å². The Morgan fingerprint density at radius 1 is 1.27 bits per heavy atom. The third-order valence-corrected chi connectivity index (χ3v) is 5.53. The van der Waals surface area contributed by atoms with Crippen LogP contribution in [0.5, 0.6) is 0 Å². The van der Waals surface area contributed by atoms with Crippen molar-refractivity contribution in [3.05, 3.63) is 98.4 Å². The Balaban J connectivity index is 2.06. The number of rotatable bonds is 8. The number of dihydropyridines is 1. The summed E-state index contributed by atoms with van der Waals surface area (Å²) in [5.41, 5.74) is 2.65. The molecule has 2 atom stereocenters.